The monoisotopic (exact) mass is 347 g/mol. The van der Waals surface area contributed by atoms with Crippen LogP contribution in [0.2, 0.25) is 0 Å². The Morgan fingerprint density at radius 3 is 1.48 bits per heavy atom. The molecule has 0 saturated carbocycles. The van der Waals surface area contributed by atoms with Gasteiger partial charge < -0.3 is 0 Å². The first-order chi connectivity index (χ1) is 13.4. The average Bonchev–Trinajstić information content (AvgIpc) is 2.75. The number of benzene rings is 3. The summed E-state index contributed by atoms with van der Waals surface area (Å²) in [6, 6.07) is 31.1. The molecule has 2 heterocycles. The topological polar surface area (TPSA) is 29.0 Å². The highest BCUT2D eigenvalue weighted by Gasteiger charge is 2.19. The Morgan fingerprint density at radius 2 is 1.00 bits per heavy atom. The van der Waals surface area contributed by atoms with Crippen LogP contribution in [0.5, 0.6) is 0 Å². The molecular formula is C24H17N3. The molecule has 5 rings (SSSR count). The molecule has 0 bridgehead atoms. The van der Waals surface area contributed by atoms with Gasteiger partial charge in [-0.25, -0.2) is 9.97 Å². The Bertz CT molecular complexity index is 1120. The Balaban J connectivity index is 1.92. The molecule has 0 N–H and O–H groups in total. The molecule has 0 radical (unpaired) electrons. The molecule has 3 nitrogen and oxygen atoms in total. The van der Waals surface area contributed by atoms with E-state index in [9.17, 15) is 0 Å². The maximum absolute atomic E-state index is 4.63. The Labute approximate surface area is 157 Å². The summed E-state index contributed by atoms with van der Waals surface area (Å²) in [4.78, 5) is 11.4. The number of anilines is 3. The van der Waals surface area contributed by atoms with Crippen molar-refractivity contribution in [1.29, 1.82) is 0 Å². The lowest BCUT2D eigenvalue weighted by molar-refractivity contribution is 1.14. The van der Waals surface area contributed by atoms with Gasteiger partial charge in [-0.15, -0.1) is 0 Å². The minimum atomic E-state index is 0.845. The summed E-state index contributed by atoms with van der Waals surface area (Å²) in [5, 5.41) is 4.74. The molecular weight excluding hydrogens is 330 g/mol. The molecule has 2 aromatic heterocycles. The minimum Gasteiger partial charge on any atom is -0.278 e. The number of pyridine rings is 2. The van der Waals surface area contributed by atoms with Gasteiger partial charge in [0.15, 0.2) is 0 Å². The van der Waals surface area contributed by atoms with Gasteiger partial charge in [-0.2, -0.15) is 0 Å². The zero-order chi connectivity index (χ0) is 18.1. The zero-order valence-corrected chi connectivity index (χ0v) is 14.7. The van der Waals surface area contributed by atoms with Crippen molar-refractivity contribution >= 4 is 38.9 Å². The van der Waals surface area contributed by atoms with Crippen molar-refractivity contribution in [3.63, 3.8) is 0 Å². The van der Waals surface area contributed by atoms with E-state index in [0.29, 0.717) is 0 Å². The van der Waals surface area contributed by atoms with Crippen LogP contribution in [0.15, 0.2) is 103 Å². The maximum atomic E-state index is 4.63. The third-order valence-corrected chi connectivity index (χ3v) is 4.72. The number of rotatable bonds is 3. The van der Waals surface area contributed by atoms with E-state index >= 15 is 0 Å². The lowest BCUT2D eigenvalue weighted by Crippen LogP contribution is -2.13. The average molecular weight is 347 g/mol. The van der Waals surface area contributed by atoms with Crippen LogP contribution in [-0.4, -0.2) is 9.97 Å². The summed E-state index contributed by atoms with van der Waals surface area (Å²) in [5.41, 5.74) is 1.10. The van der Waals surface area contributed by atoms with Crippen LogP contribution in [0.3, 0.4) is 0 Å². The quantitative estimate of drug-likeness (QED) is 0.361. The highest BCUT2D eigenvalue weighted by atomic mass is 15.2. The van der Waals surface area contributed by atoms with E-state index in [4.69, 9.17) is 0 Å². The van der Waals surface area contributed by atoms with Gasteiger partial charge in [-0.3, -0.25) is 4.90 Å². The van der Waals surface area contributed by atoms with E-state index in [2.05, 4.69) is 69.5 Å². The lowest BCUT2D eigenvalue weighted by atomic mass is 10.00. The summed E-state index contributed by atoms with van der Waals surface area (Å²) in [6.45, 7) is 0. The summed E-state index contributed by atoms with van der Waals surface area (Å²) >= 11 is 0. The molecule has 3 aromatic carbocycles. The van der Waals surface area contributed by atoms with Gasteiger partial charge in [-0.1, -0.05) is 60.7 Å². The molecule has 3 heteroatoms. The molecule has 0 amide bonds. The summed E-state index contributed by atoms with van der Waals surface area (Å²) in [6.07, 6.45) is 3.64. The van der Waals surface area contributed by atoms with Crippen molar-refractivity contribution in [3.8, 4) is 0 Å². The van der Waals surface area contributed by atoms with Crippen molar-refractivity contribution in [2.24, 2.45) is 0 Å². The van der Waals surface area contributed by atoms with Crippen LogP contribution in [0.25, 0.3) is 21.5 Å². The molecule has 0 spiro atoms. The van der Waals surface area contributed by atoms with Crippen LogP contribution in [0.4, 0.5) is 17.3 Å². The van der Waals surface area contributed by atoms with Gasteiger partial charge in [0.05, 0.1) is 5.69 Å². The van der Waals surface area contributed by atoms with Crippen molar-refractivity contribution in [3.05, 3.63) is 103 Å². The Hall–Kier alpha value is -3.72. The third-order valence-electron chi connectivity index (χ3n) is 4.72. The van der Waals surface area contributed by atoms with Crippen LogP contribution < -0.4 is 4.90 Å². The molecule has 0 fully saturated rings. The Kier molecular flexibility index (Phi) is 3.76. The fourth-order valence-corrected chi connectivity index (χ4v) is 3.55. The summed E-state index contributed by atoms with van der Waals surface area (Å²) < 4.78 is 0. The molecule has 27 heavy (non-hydrogen) atoms. The summed E-state index contributed by atoms with van der Waals surface area (Å²) in [7, 11) is 0. The van der Waals surface area contributed by atoms with Gasteiger partial charge in [-0.05, 0) is 41.1 Å². The first-order valence-corrected chi connectivity index (χ1v) is 8.94. The van der Waals surface area contributed by atoms with Crippen molar-refractivity contribution in [1.82, 2.24) is 9.97 Å². The first kappa shape index (κ1) is 15.5. The van der Waals surface area contributed by atoms with E-state index in [1.165, 1.54) is 21.5 Å². The number of fused-ring (bicyclic) bond motifs is 2. The summed E-state index contributed by atoms with van der Waals surface area (Å²) in [5.74, 6) is 1.69. The van der Waals surface area contributed by atoms with Crippen LogP contribution >= 0.6 is 0 Å². The number of hydrogen-bond acceptors (Lipinski definition) is 3. The third kappa shape index (κ3) is 2.70. The number of nitrogens with zero attached hydrogens (tertiary/aromatic N) is 3. The molecule has 0 saturated heterocycles. The molecule has 0 aliphatic rings. The van der Waals surface area contributed by atoms with Crippen molar-refractivity contribution in [2.45, 2.75) is 0 Å². The highest BCUT2D eigenvalue weighted by molar-refractivity contribution is 6.13. The highest BCUT2D eigenvalue weighted by Crippen LogP contribution is 2.41. The molecule has 0 aliphatic heterocycles. The lowest BCUT2D eigenvalue weighted by Gasteiger charge is -2.26. The van der Waals surface area contributed by atoms with E-state index in [1.54, 1.807) is 0 Å². The van der Waals surface area contributed by atoms with Crippen molar-refractivity contribution in [2.75, 3.05) is 4.90 Å². The standard InChI is InChI=1S/C24H17N3/c1-3-11-20-18(9-1)17-19-10-2-4-12-21(19)24(20)27(22-13-5-7-15-25-22)23-14-6-8-16-26-23/h1-17H. The molecule has 128 valence electrons. The van der Waals surface area contributed by atoms with Gasteiger partial charge >= 0.3 is 0 Å². The molecule has 0 atom stereocenters. The SMILES string of the molecule is c1ccc(N(c2ccccn2)c2c3ccccc3cc3ccccc23)nc1. The fourth-order valence-electron chi connectivity index (χ4n) is 3.55. The van der Waals surface area contributed by atoms with E-state index in [1.807, 2.05) is 48.8 Å². The van der Waals surface area contributed by atoms with E-state index in [-0.39, 0.29) is 0 Å². The van der Waals surface area contributed by atoms with Gasteiger partial charge in [0.25, 0.3) is 0 Å². The van der Waals surface area contributed by atoms with Crippen LogP contribution in [-0.2, 0) is 0 Å². The van der Waals surface area contributed by atoms with Crippen LogP contribution in [0.1, 0.15) is 0 Å². The predicted octanol–water partition coefficient (Wildman–Crippen LogP) is 6.25. The van der Waals surface area contributed by atoms with Gasteiger partial charge in [0.1, 0.15) is 11.6 Å². The molecule has 5 aromatic rings. The number of hydrogen-bond donors (Lipinski definition) is 0. The van der Waals surface area contributed by atoms with Crippen LogP contribution in [0, 0.1) is 0 Å². The Morgan fingerprint density at radius 1 is 0.519 bits per heavy atom. The van der Waals surface area contributed by atoms with Gasteiger partial charge in [0.2, 0.25) is 0 Å². The largest absolute Gasteiger partial charge is 0.278 e. The smallest absolute Gasteiger partial charge is 0.138 e. The van der Waals surface area contributed by atoms with E-state index < -0.39 is 0 Å². The molecule has 0 aliphatic carbocycles. The maximum Gasteiger partial charge on any atom is 0.138 e. The van der Waals surface area contributed by atoms with Crippen molar-refractivity contribution < 1.29 is 0 Å². The molecule has 0 unspecified atom stereocenters. The number of aromatic nitrogens is 2. The second-order valence-electron chi connectivity index (χ2n) is 6.38. The zero-order valence-electron chi connectivity index (χ0n) is 14.7. The predicted molar refractivity (Wildman–Crippen MR) is 112 cm³/mol. The minimum absolute atomic E-state index is 0.845. The van der Waals surface area contributed by atoms with E-state index in [0.717, 1.165) is 17.3 Å². The van der Waals surface area contributed by atoms with Gasteiger partial charge in [0, 0.05) is 23.2 Å². The fraction of sp³-hybridized carbons (Fsp3) is 0. The second kappa shape index (κ2) is 6.54. The normalized spacial score (nSPS) is 11.0. The first-order valence-electron chi connectivity index (χ1n) is 8.94. The second-order valence-corrected chi connectivity index (χ2v) is 6.38.